The summed E-state index contributed by atoms with van der Waals surface area (Å²) < 4.78 is 0. The summed E-state index contributed by atoms with van der Waals surface area (Å²) in [6.07, 6.45) is -0.503. The molecule has 176 valence electrons. The van der Waals surface area contributed by atoms with E-state index in [0.29, 0.717) is 6.54 Å². The highest BCUT2D eigenvalue weighted by Gasteiger charge is 2.42. The number of aliphatic hydroxyl groups is 1. The summed E-state index contributed by atoms with van der Waals surface area (Å²) in [6.45, 7) is 12.1. The molecule has 1 aromatic heterocycles. The largest absolute Gasteiger partial charge is 0.391 e. The van der Waals surface area contributed by atoms with Gasteiger partial charge in [-0.15, -0.1) is 11.3 Å². The van der Waals surface area contributed by atoms with Crippen LogP contribution in [0.3, 0.4) is 0 Å². The molecule has 8 heteroatoms. The Hall–Kier alpha value is -2.29. The molecular weight excluding hydrogens is 424 g/mol. The molecular formula is C24H36N4O3S. The van der Waals surface area contributed by atoms with Crippen molar-refractivity contribution in [3.63, 3.8) is 0 Å². The molecule has 1 aliphatic rings. The molecule has 1 fully saturated rings. The average molecular weight is 461 g/mol. The van der Waals surface area contributed by atoms with Gasteiger partial charge in [-0.05, 0) is 23.5 Å². The molecule has 1 saturated heterocycles. The van der Waals surface area contributed by atoms with E-state index in [0.717, 1.165) is 21.7 Å². The van der Waals surface area contributed by atoms with Crippen molar-refractivity contribution in [1.29, 1.82) is 0 Å². The van der Waals surface area contributed by atoms with Crippen LogP contribution in [0, 0.1) is 12.3 Å². The van der Waals surface area contributed by atoms with Crippen LogP contribution >= 0.6 is 11.3 Å². The standard InChI is InChI=1S/C22H30N4O3S.C2H6/c1-13-18(30-12-25-13)15-7-5-14(6-8-15)10-24-20(28)17-9-16(27)11-26(17)21(29)19(23)22(2,3)4;1-2/h5-8,12,16-17,19,27H,9-11,23H2,1-4H3,(H,24,28);1-2H3. The van der Waals surface area contributed by atoms with Gasteiger partial charge in [0.2, 0.25) is 11.8 Å². The van der Waals surface area contributed by atoms with Crippen LogP contribution in [0.15, 0.2) is 29.8 Å². The normalized spacial score (nSPS) is 19.2. The van der Waals surface area contributed by atoms with Gasteiger partial charge >= 0.3 is 0 Å². The fourth-order valence-electron chi connectivity index (χ4n) is 3.51. The summed E-state index contributed by atoms with van der Waals surface area (Å²) in [4.78, 5) is 32.4. The number of likely N-dealkylation sites (tertiary alicyclic amines) is 1. The maximum absolute atomic E-state index is 12.8. The Morgan fingerprint density at radius 3 is 2.44 bits per heavy atom. The number of aliphatic hydroxyl groups excluding tert-OH is 1. The number of nitrogens with zero attached hydrogens (tertiary/aromatic N) is 2. The first-order valence-corrected chi connectivity index (χ1v) is 12.0. The van der Waals surface area contributed by atoms with E-state index in [4.69, 9.17) is 5.73 Å². The monoisotopic (exact) mass is 460 g/mol. The van der Waals surface area contributed by atoms with Gasteiger partial charge in [0, 0.05) is 19.5 Å². The first-order valence-electron chi connectivity index (χ1n) is 11.1. The van der Waals surface area contributed by atoms with Crippen molar-refractivity contribution in [3.8, 4) is 10.4 Å². The quantitative estimate of drug-likeness (QED) is 0.635. The third-order valence-electron chi connectivity index (χ3n) is 5.49. The van der Waals surface area contributed by atoms with Crippen molar-refractivity contribution in [2.45, 2.75) is 72.7 Å². The number of rotatable bonds is 5. The van der Waals surface area contributed by atoms with Gasteiger partial charge in [-0.2, -0.15) is 0 Å². The molecule has 3 rings (SSSR count). The van der Waals surface area contributed by atoms with Gasteiger partial charge in [-0.1, -0.05) is 58.9 Å². The van der Waals surface area contributed by atoms with Crippen molar-refractivity contribution in [2.75, 3.05) is 6.54 Å². The van der Waals surface area contributed by atoms with Crippen LogP contribution in [-0.4, -0.2) is 51.5 Å². The fraction of sp³-hybridized carbons (Fsp3) is 0.542. The van der Waals surface area contributed by atoms with E-state index < -0.39 is 23.6 Å². The summed E-state index contributed by atoms with van der Waals surface area (Å²) >= 11 is 1.60. The molecule has 2 heterocycles. The molecule has 4 N–H and O–H groups in total. The molecule has 0 bridgehead atoms. The molecule has 7 nitrogen and oxygen atoms in total. The minimum Gasteiger partial charge on any atom is -0.391 e. The zero-order valence-corrected chi connectivity index (χ0v) is 20.7. The number of hydrogen-bond acceptors (Lipinski definition) is 6. The lowest BCUT2D eigenvalue weighted by Crippen LogP contribution is -2.54. The van der Waals surface area contributed by atoms with Crippen LogP contribution in [0.25, 0.3) is 10.4 Å². The topological polar surface area (TPSA) is 109 Å². The molecule has 3 atom stereocenters. The number of β-amino-alcohol motifs (C(OH)–C–C–N with tert-alkyl or cyclic N) is 1. The summed E-state index contributed by atoms with van der Waals surface area (Å²) in [5.41, 5.74) is 10.6. The van der Waals surface area contributed by atoms with Gasteiger partial charge in [0.05, 0.1) is 28.2 Å². The van der Waals surface area contributed by atoms with Crippen LogP contribution in [0.4, 0.5) is 0 Å². The number of thiazole rings is 1. The Morgan fingerprint density at radius 1 is 1.28 bits per heavy atom. The van der Waals surface area contributed by atoms with E-state index in [9.17, 15) is 14.7 Å². The number of aryl methyl sites for hydroxylation is 1. The van der Waals surface area contributed by atoms with E-state index in [1.807, 2.05) is 71.3 Å². The maximum Gasteiger partial charge on any atom is 0.243 e. The maximum atomic E-state index is 12.8. The van der Waals surface area contributed by atoms with Crippen LogP contribution in [-0.2, 0) is 16.1 Å². The molecule has 0 saturated carbocycles. The first-order chi connectivity index (χ1) is 15.1. The molecule has 2 aromatic rings. The summed E-state index contributed by atoms with van der Waals surface area (Å²) in [5.74, 6) is -0.577. The summed E-state index contributed by atoms with van der Waals surface area (Å²) in [5, 5.41) is 13.0. The van der Waals surface area contributed by atoms with E-state index >= 15 is 0 Å². The average Bonchev–Trinajstić information content (AvgIpc) is 3.37. The zero-order chi connectivity index (χ0) is 24.1. The Morgan fingerprint density at radius 2 is 1.91 bits per heavy atom. The number of carbonyl (C=O) groups is 2. The fourth-order valence-corrected chi connectivity index (χ4v) is 4.33. The lowest BCUT2D eigenvalue weighted by atomic mass is 9.86. The van der Waals surface area contributed by atoms with E-state index in [2.05, 4.69) is 10.3 Å². The van der Waals surface area contributed by atoms with Gasteiger partial charge in [0.1, 0.15) is 6.04 Å². The molecule has 32 heavy (non-hydrogen) atoms. The Kier molecular flexibility index (Phi) is 8.95. The predicted molar refractivity (Wildman–Crippen MR) is 129 cm³/mol. The van der Waals surface area contributed by atoms with Crippen LogP contribution in [0.5, 0.6) is 0 Å². The minimum absolute atomic E-state index is 0.129. The number of aromatic nitrogens is 1. The van der Waals surface area contributed by atoms with Crippen molar-refractivity contribution in [1.82, 2.24) is 15.2 Å². The molecule has 0 spiro atoms. The SMILES string of the molecule is CC.Cc1ncsc1-c1ccc(CNC(=O)C2CC(O)CN2C(=O)C(N)C(C)(C)C)cc1. The number of benzene rings is 1. The first kappa shape index (κ1) is 26.0. The van der Waals surface area contributed by atoms with Gasteiger partial charge in [0.15, 0.2) is 0 Å². The number of carbonyl (C=O) groups excluding carboxylic acids is 2. The van der Waals surface area contributed by atoms with Crippen LogP contribution < -0.4 is 11.1 Å². The van der Waals surface area contributed by atoms with Gasteiger partial charge in [-0.25, -0.2) is 4.98 Å². The van der Waals surface area contributed by atoms with E-state index in [1.54, 1.807) is 11.3 Å². The second-order valence-electron chi connectivity index (χ2n) is 8.92. The lowest BCUT2D eigenvalue weighted by Gasteiger charge is -2.32. The number of nitrogens with two attached hydrogens (primary N) is 1. The highest BCUT2D eigenvalue weighted by atomic mass is 32.1. The van der Waals surface area contributed by atoms with Crippen molar-refractivity contribution < 1.29 is 14.7 Å². The highest BCUT2D eigenvalue weighted by molar-refractivity contribution is 7.13. The Bertz CT molecular complexity index is 905. The molecule has 1 aromatic carbocycles. The van der Waals surface area contributed by atoms with Gasteiger partial charge in [-0.3, -0.25) is 9.59 Å². The lowest BCUT2D eigenvalue weighted by molar-refractivity contribution is -0.141. The third-order valence-corrected chi connectivity index (χ3v) is 6.47. The second-order valence-corrected chi connectivity index (χ2v) is 9.78. The van der Waals surface area contributed by atoms with Gasteiger partial charge in [0.25, 0.3) is 0 Å². The number of nitrogens with one attached hydrogen (secondary N) is 1. The second kappa shape index (κ2) is 11.0. The molecule has 1 aliphatic heterocycles. The molecule has 0 aliphatic carbocycles. The number of amides is 2. The Balaban J connectivity index is 0.00000176. The smallest absolute Gasteiger partial charge is 0.243 e. The molecule has 2 amide bonds. The Labute approximate surface area is 195 Å². The van der Waals surface area contributed by atoms with Crippen molar-refractivity contribution >= 4 is 23.2 Å². The summed E-state index contributed by atoms with van der Waals surface area (Å²) in [6, 6.07) is 6.52. The van der Waals surface area contributed by atoms with Crippen molar-refractivity contribution in [2.24, 2.45) is 11.1 Å². The molecule has 0 radical (unpaired) electrons. The summed E-state index contributed by atoms with van der Waals surface area (Å²) in [7, 11) is 0. The highest BCUT2D eigenvalue weighted by Crippen LogP contribution is 2.27. The van der Waals surface area contributed by atoms with E-state index in [-0.39, 0.29) is 24.8 Å². The molecule has 3 unspecified atom stereocenters. The van der Waals surface area contributed by atoms with Gasteiger partial charge < -0.3 is 21.1 Å². The minimum atomic E-state index is -0.735. The zero-order valence-electron chi connectivity index (χ0n) is 19.9. The third kappa shape index (κ3) is 6.15. The van der Waals surface area contributed by atoms with Crippen molar-refractivity contribution in [3.05, 3.63) is 41.0 Å². The predicted octanol–water partition coefficient (Wildman–Crippen LogP) is 3.10. The van der Waals surface area contributed by atoms with Crippen LogP contribution in [0.2, 0.25) is 0 Å². The van der Waals surface area contributed by atoms with Crippen LogP contribution in [0.1, 0.15) is 52.3 Å². The number of hydrogen-bond donors (Lipinski definition) is 3. The van der Waals surface area contributed by atoms with E-state index in [1.165, 1.54) is 4.90 Å².